The lowest BCUT2D eigenvalue weighted by atomic mass is 9.49. The lowest BCUT2D eigenvalue weighted by molar-refractivity contribution is -0.140. The van der Waals surface area contributed by atoms with Crippen molar-refractivity contribution in [1.29, 1.82) is 0 Å². The fraction of sp³-hybridized carbons (Fsp3) is 0.400. The van der Waals surface area contributed by atoms with Crippen molar-refractivity contribution in [3.63, 3.8) is 0 Å². The van der Waals surface area contributed by atoms with E-state index in [2.05, 4.69) is 49.6 Å². The van der Waals surface area contributed by atoms with Crippen LogP contribution in [0.2, 0.25) is 5.02 Å². The van der Waals surface area contributed by atoms with E-state index in [1.807, 2.05) is 37.3 Å². The summed E-state index contributed by atoms with van der Waals surface area (Å²) >= 11 is 6.02. The number of nitrogens with one attached hydrogen (secondary N) is 2. The van der Waals surface area contributed by atoms with E-state index in [1.54, 1.807) is 24.3 Å². The number of anilines is 1. The molecule has 1 fully saturated rings. The highest BCUT2D eigenvalue weighted by Crippen LogP contribution is 2.57. The van der Waals surface area contributed by atoms with Crippen molar-refractivity contribution in [1.82, 2.24) is 5.32 Å². The molecule has 5 rings (SSSR count). The van der Waals surface area contributed by atoms with Gasteiger partial charge in [-0.2, -0.15) is 0 Å². The Hall–Kier alpha value is -3.44. The van der Waals surface area contributed by atoms with Crippen molar-refractivity contribution < 1.29 is 14.4 Å². The lowest BCUT2D eigenvalue weighted by Gasteiger charge is -2.54. The zero-order valence-corrected chi connectivity index (χ0v) is 25.1. The number of rotatable bonds is 7. The molecule has 4 atom stereocenters. The summed E-state index contributed by atoms with van der Waals surface area (Å²) in [5.41, 5.74) is 3.48. The van der Waals surface area contributed by atoms with E-state index in [1.165, 1.54) is 0 Å². The first-order valence-electron chi connectivity index (χ1n) is 14.6. The summed E-state index contributed by atoms with van der Waals surface area (Å²) < 4.78 is 0. The minimum absolute atomic E-state index is 0.104. The zero-order valence-electron chi connectivity index (χ0n) is 24.3. The molecule has 2 amide bonds. The number of hydrogen-bond donors (Lipinski definition) is 2. The van der Waals surface area contributed by atoms with Crippen LogP contribution < -0.4 is 10.6 Å². The zero-order chi connectivity index (χ0) is 29.4. The maximum atomic E-state index is 14.3. The molecule has 0 aromatic heterocycles. The Morgan fingerprint density at radius 2 is 1.68 bits per heavy atom. The molecule has 41 heavy (non-hydrogen) atoms. The van der Waals surface area contributed by atoms with Crippen LogP contribution in [-0.2, 0) is 21.4 Å². The molecule has 3 aromatic carbocycles. The SMILES string of the molecule is CC(C)c1ccc2c(c1)C(=O)C[C@H]1[C@](C)(C(=O)N[C@H](Cc3ccccc3)C(=O)Nc3ccc(Cl)cc3)CCC[C@]21C. The maximum absolute atomic E-state index is 14.3. The average molecular weight is 571 g/mol. The van der Waals surface area contributed by atoms with Crippen molar-refractivity contribution in [2.45, 2.75) is 77.2 Å². The maximum Gasteiger partial charge on any atom is 0.247 e. The average Bonchev–Trinajstić information content (AvgIpc) is 2.95. The second kappa shape index (κ2) is 11.4. The van der Waals surface area contributed by atoms with E-state index in [0.29, 0.717) is 35.9 Å². The smallest absolute Gasteiger partial charge is 0.247 e. The monoisotopic (exact) mass is 570 g/mol. The second-order valence-electron chi connectivity index (χ2n) is 12.5. The van der Waals surface area contributed by atoms with Crippen molar-refractivity contribution >= 4 is 34.9 Å². The molecule has 0 bridgehead atoms. The molecule has 0 spiro atoms. The third kappa shape index (κ3) is 5.70. The van der Waals surface area contributed by atoms with Crippen LogP contribution in [0.15, 0.2) is 72.8 Å². The number of amides is 2. The molecule has 0 heterocycles. The van der Waals surface area contributed by atoms with Gasteiger partial charge in [0.25, 0.3) is 0 Å². The van der Waals surface area contributed by atoms with Gasteiger partial charge in [0, 0.05) is 29.1 Å². The fourth-order valence-corrected chi connectivity index (χ4v) is 7.13. The molecule has 2 aliphatic rings. The number of carbonyl (C=O) groups excluding carboxylic acids is 3. The van der Waals surface area contributed by atoms with Gasteiger partial charge in [-0.25, -0.2) is 0 Å². The first-order valence-corrected chi connectivity index (χ1v) is 15.0. The molecule has 0 saturated heterocycles. The Bertz CT molecular complexity index is 1450. The topological polar surface area (TPSA) is 75.3 Å². The molecule has 0 aliphatic heterocycles. The van der Waals surface area contributed by atoms with E-state index in [-0.39, 0.29) is 28.9 Å². The van der Waals surface area contributed by atoms with Crippen molar-refractivity contribution in [3.8, 4) is 0 Å². The van der Waals surface area contributed by atoms with Gasteiger partial charge >= 0.3 is 0 Å². The molecule has 5 nitrogen and oxygen atoms in total. The first kappa shape index (κ1) is 29.1. The summed E-state index contributed by atoms with van der Waals surface area (Å²) in [6.07, 6.45) is 3.14. The van der Waals surface area contributed by atoms with Crippen LogP contribution in [0.5, 0.6) is 0 Å². The van der Waals surface area contributed by atoms with Crippen LogP contribution in [-0.4, -0.2) is 23.6 Å². The third-order valence-electron chi connectivity index (χ3n) is 9.48. The second-order valence-corrected chi connectivity index (χ2v) is 13.0. The number of ketones is 1. The van der Waals surface area contributed by atoms with E-state index >= 15 is 0 Å². The quantitative estimate of drug-likeness (QED) is 0.309. The molecular weight excluding hydrogens is 532 g/mol. The predicted molar refractivity (Wildman–Crippen MR) is 164 cm³/mol. The minimum Gasteiger partial charge on any atom is -0.343 e. The van der Waals surface area contributed by atoms with Crippen LogP contribution in [0.4, 0.5) is 5.69 Å². The largest absolute Gasteiger partial charge is 0.343 e. The number of hydrogen-bond acceptors (Lipinski definition) is 3. The summed E-state index contributed by atoms with van der Waals surface area (Å²) in [5, 5.41) is 6.65. The fourth-order valence-electron chi connectivity index (χ4n) is 7.01. The van der Waals surface area contributed by atoms with E-state index in [4.69, 9.17) is 11.6 Å². The summed E-state index contributed by atoms with van der Waals surface area (Å²) in [4.78, 5) is 41.4. The molecule has 2 aliphatic carbocycles. The lowest BCUT2D eigenvalue weighted by Crippen LogP contribution is -2.58. The summed E-state index contributed by atoms with van der Waals surface area (Å²) in [6, 6.07) is 22.1. The molecule has 0 radical (unpaired) electrons. The van der Waals surface area contributed by atoms with Crippen molar-refractivity contribution in [2.75, 3.05) is 5.32 Å². The van der Waals surface area contributed by atoms with Gasteiger partial charge in [0.15, 0.2) is 5.78 Å². The Labute approximate surface area is 248 Å². The van der Waals surface area contributed by atoms with E-state index in [9.17, 15) is 14.4 Å². The highest BCUT2D eigenvalue weighted by atomic mass is 35.5. The molecular formula is C35H39ClN2O3. The number of carbonyl (C=O) groups is 3. The van der Waals surface area contributed by atoms with Gasteiger partial charge in [-0.15, -0.1) is 0 Å². The van der Waals surface area contributed by atoms with Gasteiger partial charge in [-0.1, -0.05) is 88.2 Å². The number of benzene rings is 3. The standard InChI is InChI=1S/C35H39ClN2O3/c1-22(2)24-11-16-28-27(20-24)30(39)21-31-34(28,3)17-8-18-35(31,4)33(41)38-29(19-23-9-6-5-7-10-23)32(40)37-26-14-12-25(36)13-15-26/h5-7,9-16,20,22,29,31H,8,17-19,21H2,1-4H3,(H,37,40)(H,38,41)/t29-,31-,34-,35-/m1/s1. The highest BCUT2D eigenvalue weighted by Gasteiger charge is 2.57. The first-order chi connectivity index (χ1) is 19.5. The predicted octanol–water partition coefficient (Wildman–Crippen LogP) is 7.48. The van der Waals surface area contributed by atoms with Crippen LogP contribution in [0.25, 0.3) is 0 Å². The highest BCUT2D eigenvalue weighted by molar-refractivity contribution is 6.30. The minimum atomic E-state index is -0.799. The van der Waals surface area contributed by atoms with Crippen molar-refractivity contribution in [3.05, 3.63) is 100 Å². The van der Waals surface area contributed by atoms with E-state index in [0.717, 1.165) is 35.1 Å². The third-order valence-corrected chi connectivity index (χ3v) is 9.73. The Balaban J connectivity index is 1.44. The normalized spacial score (nSPS) is 24.2. The van der Waals surface area contributed by atoms with Crippen LogP contribution in [0.1, 0.15) is 86.3 Å². The molecule has 1 saturated carbocycles. The summed E-state index contributed by atoms with van der Waals surface area (Å²) in [6.45, 7) is 8.48. The van der Waals surface area contributed by atoms with Gasteiger partial charge in [0.2, 0.25) is 11.8 Å². The summed E-state index contributed by atoms with van der Waals surface area (Å²) in [5.74, 6) is -0.187. The Morgan fingerprint density at radius 3 is 2.37 bits per heavy atom. The van der Waals surface area contributed by atoms with Gasteiger partial charge in [-0.3, -0.25) is 14.4 Å². The van der Waals surface area contributed by atoms with Crippen molar-refractivity contribution in [2.24, 2.45) is 11.3 Å². The van der Waals surface area contributed by atoms with Gasteiger partial charge in [0.05, 0.1) is 5.41 Å². The number of fused-ring (bicyclic) bond motifs is 3. The van der Waals surface area contributed by atoms with Gasteiger partial charge in [-0.05, 0) is 77.1 Å². The summed E-state index contributed by atoms with van der Waals surface area (Å²) in [7, 11) is 0. The molecule has 2 N–H and O–H groups in total. The Morgan fingerprint density at radius 1 is 0.976 bits per heavy atom. The number of Topliss-reactive ketones (excluding diaryl/α,β-unsaturated/α-hetero) is 1. The molecule has 0 unspecified atom stereocenters. The van der Waals surface area contributed by atoms with Crippen LogP contribution in [0.3, 0.4) is 0 Å². The van der Waals surface area contributed by atoms with Crippen LogP contribution in [0, 0.1) is 11.3 Å². The van der Waals surface area contributed by atoms with Gasteiger partial charge in [0.1, 0.15) is 6.04 Å². The Kier molecular flexibility index (Phi) is 8.11. The van der Waals surface area contributed by atoms with Crippen LogP contribution >= 0.6 is 11.6 Å². The van der Waals surface area contributed by atoms with E-state index < -0.39 is 11.5 Å². The molecule has 214 valence electrons. The molecule has 3 aromatic rings. The molecule has 6 heteroatoms. The van der Waals surface area contributed by atoms with Gasteiger partial charge < -0.3 is 10.6 Å². The number of halogens is 1.